The van der Waals surface area contributed by atoms with Crippen LogP contribution in [0.3, 0.4) is 0 Å². The molecule has 8 heteroatoms. The summed E-state index contributed by atoms with van der Waals surface area (Å²) in [6, 6.07) is 17.0. The SMILES string of the molecule is COc1ccc(NC(=O)c2ccc(OC(=O)c3ccc(C)c([N+](=O)[O-])c3)cc2)cc1. The van der Waals surface area contributed by atoms with Crippen LogP contribution in [-0.4, -0.2) is 23.9 Å². The number of rotatable bonds is 6. The molecule has 0 saturated carbocycles. The van der Waals surface area contributed by atoms with Crippen LogP contribution >= 0.6 is 0 Å². The van der Waals surface area contributed by atoms with E-state index in [1.165, 1.54) is 42.5 Å². The van der Waals surface area contributed by atoms with Crippen LogP contribution in [0.25, 0.3) is 0 Å². The maximum absolute atomic E-state index is 12.3. The highest BCUT2D eigenvalue weighted by molar-refractivity contribution is 6.04. The van der Waals surface area contributed by atoms with Crippen molar-refractivity contribution in [3.8, 4) is 11.5 Å². The van der Waals surface area contributed by atoms with Gasteiger partial charge in [0.15, 0.2) is 0 Å². The van der Waals surface area contributed by atoms with Gasteiger partial charge in [-0.15, -0.1) is 0 Å². The third kappa shape index (κ3) is 4.79. The number of amides is 1. The number of hydrogen-bond donors (Lipinski definition) is 1. The number of nitrogens with one attached hydrogen (secondary N) is 1. The van der Waals surface area contributed by atoms with Crippen LogP contribution in [0.15, 0.2) is 66.7 Å². The molecule has 3 aromatic rings. The van der Waals surface area contributed by atoms with Gasteiger partial charge in [0.05, 0.1) is 17.6 Å². The van der Waals surface area contributed by atoms with Gasteiger partial charge in [0.25, 0.3) is 11.6 Å². The Hall–Kier alpha value is -4.20. The fraction of sp³-hybridized carbons (Fsp3) is 0.0909. The molecule has 1 N–H and O–H groups in total. The minimum Gasteiger partial charge on any atom is -0.497 e. The standard InChI is InChI=1S/C22H18N2O6/c1-14-3-4-16(13-20(14)24(27)28)22(26)30-19-9-5-15(6-10-19)21(25)23-17-7-11-18(29-2)12-8-17/h3-13H,1-2H3,(H,23,25). The Kier molecular flexibility index (Phi) is 6.07. The fourth-order valence-electron chi connectivity index (χ4n) is 2.65. The van der Waals surface area contributed by atoms with Crippen molar-refractivity contribution in [3.63, 3.8) is 0 Å². The van der Waals surface area contributed by atoms with Gasteiger partial charge in [-0.25, -0.2) is 4.79 Å². The zero-order chi connectivity index (χ0) is 21.7. The van der Waals surface area contributed by atoms with Crippen LogP contribution in [0.2, 0.25) is 0 Å². The lowest BCUT2D eigenvalue weighted by molar-refractivity contribution is -0.385. The van der Waals surface area contributed by atoms with E-state index in [4.69, 9.17) is 9.47 Å². The Bertz CT molecular complexity index is 1090. The number of aryl methyl sites for hydroxylation is 1. The summed E-state index contributed by atoms with van der Waals surface area (Å²) < 4.78 is 10.3. The van der Waals surface area contributed by atoms with Gasteiger partial charge < -0.3 is 14.8 Å². The molecular formula is C22H18N2O6. The maximum atomic E-state index is 12.3. The first kappa shape index (κ1) is 20.5. The fourth-order valence-corrected chi connectivity index (χ4v) is 2.65. The topological polar surface area (TPSA) is 108 Å². The summed E-state index contributed by atoms with van der Waals surface area (Å²) in [6.45, 7) is 1.59. The quantitative estimate of drug-likeness (QED) is 0.282. The van der Waals surface area contributed by atoms with E-state index in [9.17, 15) is 19.7 Å². The van der Waals surface area contributed by atoms with Gasteiger partial charge in [0, 0.05) is 22.9 Å². The normalized spacial score (nSPS) is 10.2. The average Bonchev–Trinajstić information content (AvgIpc) is 2.74. The highest BCUT2D eigenvalue weighted by atomic mass is 16.6. The van der Waals surface area contributed by atoms with Gasteiger partial charge in [-0.05, 0) is 61.5 Å². The van der Waals surface area contributed by atoms with Crippen molar-refractivity contribution >= 4 is 23.3 Å². The number of nitrogens with zero attached hydrogens (tertiary/aromatic N) is 1. The smallest absolute Gasteiger partial charge is 0.343 e. The van der Waals surface area contributed by atoms with E-state index in [0.29, 0.717) is 22.6 Å². The highest BCUT2D eigenvalue weighted by Gasteiger charge is 2.16. The van der Waals surface area contributed by atoms with Gasteiger partial charge in [0.2, 0.25) is 0 Å². The molecule has 0 aliphatic carbocycles. The van der Waals surface area contributed by atoms with Crippen molar-refractivity contribution in [2.75, 3.05) is 12.4 Å². The lowest BCUT2D eigenvalue weighted by atomic mass is 10.1. The Morgan fingerprint density at radius 1 is 0.900 bits per heavy atom. The van der Waals surface area contributed by atoms with Gasteiger partial charge >= 0.3 is 5.97 Å². The lowest BCUT2D eigenvalue weighted by Gasteiger charge is -2.08. The summed E-state index contributed by atoms with van der Waals surface area (Å²) in [5.74, 6) is -0.164. The van der Waals surface area contributed by atoms with E-state index >= 15 is 0 Å². The maximum Gasteiger partial charge on any atom is 0.343 e. The number of hydrogen-bond acceptors (Lipinski definition) is 6. The van der Waals surface area contributed by atoms with Crippen molar-refractivity contribution in [1.29, 1.82) is 0 Å². The molecule has 8 nitrogen and oxygen atoms in total. The molecule has 0 saturated heterocycles. The Morgan fingerprint density at radius 3 is 2.10 bits per heavy atom. The molecule has 0 atom stereocenters. The molecular weight excluding hydrogens is 388 g/mol. The summed E-state index contributed by atoms with van der Waals surface area (Å²) >= 11 is 0. The van der Waals surface area contributed by atoms with Crippen LogP contribution in [0, 0.1) is 17.0 Å². The lowest BCUT2D eigenvalue weighted by Crippen LogP contribution is -2.12. The number of anilines is 1. The van der Waals surface area contributed by atoms with E-state index in [1.807, 2.05) is 0 Å². The molecule has 30 heavy (non-hydrogen) atoms. The van der Waals surface area contributed by atoms with Crippen molar-refractivity contribution in [2.45, 2.75) is 6.92 Å². The van der Waals surface area contributed by atoms with Gasteiger partial charge in [-0.1, -0.05) is 6.07 Å². The number of carbonyl (C=O) groups is 2. The summed E-state index contributed by atoms with van der Waals surface area (Å²) in [5, 5.41) is 13.8. The first-order chi connectivity index (χ1) is 14.4. The third-order valence-corrected chi connectivity index (χ3v) is 4.32. The Labute approximate surface area is 172 Å². The predicted octanol–water partition coefficient (Wildman–Crippen LogP) is 4.38. The van der Waals surface area contributed by atoms with Crippen molar-refractivity contribution in [1.82, 2.24) is 0 Å². The molecule has 0 aromatic heterocycles. The van der Waals surface area contributed by atoms with E-state index in [0.717, 1.165) is 0 Å². The zero-order valence-corrected chi connectivity index (χ0v) is 16.2. The molecule has 0 bridgehead atoms. The summed E-state index contributed by atoms with van der Waals surface area (Å²) in [4.78, 5) is 35.1. The van der Waals surface area contributed by atoms with Crippen LogP contribution in [-0.2, 0) is 0 Å². The van der Waals surface area contributed by atoms with Gasteiger partial charge in [-0.3, -0.25) is 14.9 Å². The second kappa shape index (κ2) is 8.87. The van der Waals surface area contributed by atoms with Crippen molar-refractivity contribution < 1.29 is 24.0 Å². The van der Waals surface area contributed by atoms with E-state index in [2.05, 4.69) is 5.32 Å². The monoisotopic (exact) mass is 406 g/mol. The number of methoxy groups -OCH3 is 1. The second-order valence-corrected chi connectivity index (χ2v) is 6.35. The van der Waals surface area contributed by atoms with Crippen molar-refractivity contribution in [2.24, 2.45) is 0 Å². The summed E-state index contributed by atoms with van der Waals surface area (Å²) in [6.07, 6.45) is 0. The van der Waals surface area contributed by atoms with Crippen LogP contribution in [0.1, 0.15) is 26.3 Å². The zero-order valence-electron chi connectivity index (χ0n) is 16.2. The summed E-state index contributed by atoms with van der Waals surface area (Å²) in [7, 11) is 1.56. The van der Waals surface area contributed by atoms with E-state index < -0.39 is 10.9 Å². The number of nitro benzene ring substituents is 1. The molecule has 3 aromatic carbocycles. The third-order valence-electron chi connectivity index (χ3n) is 4.32. The average molecular weight is 406 g/mol. The number of benzene rings is 3. The van der Waals surface area contributed by atoms with Crippen LogP contribution in [0.4, 0.5) is 11.4 Å². The molecule has 0 heterocycles. The van der Waals surface area contributed by atoms with Crippen LogP contribution < -0.4 is 14.8 Å². The molecule has 0 unspecified atom stereocenters. The number of carbonyl (C=O) groups excluding carboxylic acids is 2. The highest BCUT2D eigenvalue weighted by Crippen LogP contribution is 2.21. The minimum atomic E-state index is -0.728. The van der Waals surface area contributed by atoms with E-state index in [1.54, 1.807) is 38.3 Å². The molecule has 0 aliphatic rings. The Balaban J connectivity index is 1.66. The first-order valence-electron chi connectivity index (χ1n) is 8.90. The largest absolute Gasteiger partial charge is 0.497 e. The second-order valence-electron chi connectivity index (χ2n) is 6.35. The molecule has 0 radical (unpaired) electrons. The Morgan fingerprint density at radius 2 is 1.50 bits per heavy atom. The van der Waals surface area contributed by atoms with Gasteiger partial charge in [-0.2, -0.15) is 0 Å². The van der Waals surface area contributed by atoms with Crippen LogP contribution in [0.5, 0.6) is 11.5 Å². The molecule has 0 aliphatic heterocycles. The van der Waals surface area contributed by atoms with E-state index in [-0.39, 0.29) is 22.9 Å². The summed E-state index contributed by atoms with van der Waals surface area (Å²) in [5.41, 5.74) is 1.33. The first-order valence-corrected chi connectivity index (χ1v) is 8.90. The number of nitro groups is 1. The number of ether oxygens (including phenoxy) is 2. The molecule has 152 valence electrons. The van der Waals surface area contributed by atoms with Crippen molar-refractivity contribution in [3.05, 3.63) is 93.5 Å². The molecule has 0 fully saturated rings. The molecule has 0 spiro atoms. The molecule has 1 amide bonds. The molecule has 3 rings (SSSR count). The predicted molar refractivity (Wildman–Crippen MR) is 110 cm³/mol. The number of esters is 1. The van der Waals surface area contributed by atoms with Gasteiger partial charge in [0.1, 0.15) is 11.5 Å². The minimum absolute atomic E-state index is 0.0635.